The number of nitrogens with one attached hydrogen (secondary N) is 1. The fourth-order valence-electron chi connectivity index (χ4n) is 4.43. The lowest BCUT2D eigenvalue weighted by Gasteiger charge is -2.39. The van der Waals surface area contributed by atoms with Crippen molar-refractivity contribution >= 4 is 51.3 Å². The van der Waals surface area contributed by atoms with E-state index in [0.29, 0.717) is 10.9 Å². The summed E-state index contributed by atoms with van der Waals surface area (Å²) in [6, 6.07) is 15.4. The molecule has 1 saturated heterocycles. The SMILES string of the molecule is [B]C([B])([B])Oc1ncc(C(=O)N2CC[C@@H](NC(=O)c3ccccc3OC(F)(F)F)[C@@H](c3ccccc3)C2)cc1Br. The molecule has 2 atom stereocenters. The zero-order chi connectivity index (χ0) is 29.1. The molecule has 0 aliphatic carbocycles. The Morgan fingerprint density at radius 1 is 1.02 bits per heavy atom. The number of para-hydroxylation sites is 1. The fourth-order valence-corrected chi connectivity index (χ4v) is 4.86. The molecule has 2 amide bonds. The zero-order valence-electron chi connectivity index (χ0n) is 20.9. The molecule has 40 heavy (non-hydrogen) atoms. The van der Waals surface area contributed by atoms with Crippen LogP contribution in [0.5, 0.6) is 11.6 Å². The smallest absolute Gasteiger partial charge is 0.500 e. The van der Waals surface area contributed by atoms with Gasteiger partial charge in [-0.25, -0.2) is 4.98 Å². The van der Waals surface area contributed by atoms with Gasteiger partial charge in [-0.3, -0.25) is 9.59 Å². The van der Waals surface area contributed by atoms with E-state index in [1.807, 2.05) is 30.3 Å². The number of hydrogen-bond donors (Lipinski definition) is 1. The summed E-state index contributed by atoms with van der Waals surface area (Å²) in [6.07, 6.45) is -3.31. The standard InChI is InChI=1S/C26H20B3BrF3N3O4/c27-25(28,29)40-23-19(30)12-16(13-34-23)24(38)36-11-10-20(18(14-36)15-6-2-1-3-7-15)35-22(37)17-8-4-5-9-21(17)39-26(31,32)33/h1-9,12-13,18,20H,10-11,14H2,(H,35,37)/t18-,20-/m1/s1. The molecule has 4 rings (SSSR count). The third kappa shape index (κ3) is 7.62. The monoisotopic (exact) mass is 607 g/mol. The van der Waals surface area contributed by atoms with Gasteiger partial charge in [0.2, 0.25) is 5.88 Å². The van der Waals surface area contributed by atoms with Crippen LogP contribution in [0.3, 0.4) is 0 Å². The Morgan fingerprint density at radius 2 is 1.70 bits per heavy atom. The van der Waals surface area contributed by atoms with Crippen molar-refractivity contribution in [2.75, 3.05) is 13.1 Å². The molecule has 1 fully saturated rings. The van der Waals surface area contributed by atoms with Gasteiger partial charge in [0.15, 0.2) is 0 Å². The van der Waals surface area contributed by atoms with E-state index < -0.39 is 29.4 Å². The topological polar surface area (TPSA) is 80.8 Å². The van der Waals surface area contributed by atoms with Crippen molar-refractivity contribution in [3.05, 3.63) is 88.0 Å². The highest BCUT2D eigenvalue weighted by Gasteiger charge is 2.36. The molecule has 0 spiro atoms. The molecule has 0 saturated carbocycles. The molecule has 2 heterocycles. The maximum atomic E-state index is 13.4. The van der Waals surface area contributed by atoms with Gasteiger partial charge in [0.1, 0.15) is 29.3 Å². The molecule has 3 aromatic rings. The maximum absolute atomic E-state index is 13.4. The Bertz CT molecular complexity index is 1380. The maximum Gasteiger partial charge on any atom is 0.573 e. The average Bonchev–Trinajstić information content (AvgIpc) is 2.89. The van der Waals surface area contributed by atoms with Crippen molar-refractivity contribution < 1.29 is 32.2 Å². The predicted molar refractivity (Wildman–Crippen MR) is 147 cm³/mol. The van der Waals surface area contributed by atoms with Crippen LogP contribution in [0.25, 0.3) is 0 Å². The predicted octanol–water partition coefficient (Wildman–Crippen LogP) is 3.67. The highest BCUT2D eigenvalue weighted by atomic mass is 79.9. The largest absolute Gasteiger partial charge is 0.573 e. The number of alkyl halides is 3. The van der Waals surface area contributed by atoms with Crippen LogP contribution in [0.1, 0.15) is 38.6 Å². The van der Waals surface area contributed by atoms with Gasteiger partial charge in [0.25, 0.3) is 11.8 Å². The van der Waals surface area contributed by atoms with Crippen LogP contribution in [-0.2, 0) is 0 Å². The number of ether oxygens (including phenoxy) is 2. The lowest BCUT2D eigenvalue weighted by atomic mass is 9.52. The van der Waals surface area contributed by atoms with Crippen LogP contribution < -0.4 is 14.8 Å². The van der Waals surface area contributed by atoms with Gasteiger partial charge in [0.05, 0.1) is 15.6 Å². The summed E-state index contributed by atoms with van der Waals surface area (Å²) in [5.41, 5.74) is 0.849. The molecule has 14 heteroatoms. The molecule has 1 aliphatic rings. The molecule has 2 aromatic carbocycles. The number of pyridine rings is 1. The van der Waals surface area contributed by atoms with Crippen molar-refractivity contribution in [1.29, 1.82) is 0 Å². The average molecular weight is 608 g/mol. The third-order valence-corrected chi connectivity index (χ3v) is 6.70. The second-order valence-corrected chi connectivity index (χ2v) is 10.0. The Hall–Kier alpha value is -3.41. The van der Waals surface area contributed by atoms with Crippen LogP contribution in [0, 0.1) is 0 Å². The first-order valence-electron chi connectivity index (χ1n) is 12.0. The Kier molecular flexibility index (Phi) is 8.87. The van der Waals surface area contributed by atoms with Crippen LogP contribution in [-0.4, -0.2) is 76.0 Å². The summed E-state index contributed by atoms with van der Waals surface area (Å²) in [5.74, 6) is -2.00. The lowest BCUT2D eigenvalue weighted by Crippen LogP contribution is -2.51. The number of rotatable bonds is 7. The van der Waals surface area contributed by atoms with Crippen molar-refractivity contribution in [1.82, 2.24) is 15.2 Å². The van der Waals surface area contributed by atoms with E-state index in [0.717, 1.165) is 11.6 Å². The number of carbonyl (C=O) groups excluding carboxylic acids is 2. The number of nitrogens with zero attached hydrogens (tertiary/aromatic N) is 2. The van der Waals surface area contributed by atoms with Crippen LogP contribution in [0.4, 0.5) is 13.2 Å². The van der Waals surface area contributed by atoms with Crippen LogP contribution in [0.2, 0.25) is 0 Å². The normalized spacial score (nSPS) is 17.6. The first kappa shape index (κ1) is 29.6. The summed E-state index contributed by atoms with van der Waals surface area (Å²) < 4.78 is 48.2. The Labute approximate surface area is 241 Å². The van der Waals surface area contributed by atoms with Gasteiger partial charge in [-0.15, -0.1) is 13.2 Å². The van der Waals surface area contributed by atoms with Crippen molar-refractivity contribution in [2.24, 2.45) is 0 Å². The summed E-state index contributed by atoms with van der Waals surface area (Å²) in [4.78, 5) is 32.2. The second kappa shape index (κ2) is 12.0. The molecule has 7 nitrogen and oxygen atoms in total. The van der Waals surface area contributed by atoms with Gasteiger partial charge in [0, 0.05) is 31.2 Å². The molecular formula is C26H20B3BrF3N3O4. The number of benzene rings is 2. The minimum Gasteiger partial charge on any atom is -0.500 e. The third-order valence-electron chi connectivity index (χ3n) is 6.13. The van der Waals surface area contributed by atoms with E-state index in [9.17, 15) is 22.8 Å². The van der Waals surface area contributed by atoms with E-state index in [2.05, 4.69) is 31.0 Å². The number of carbonyl (C=O) groups is 2. The van der Waals surface area contributed by atoms with Gasteiger partial charge >= 0.3 is 6.36 Å². The van der Waals surface area contributed by atoms with Crippen LogP contribution in [0.15, 0.2) is 71.3 Å². The van der Waals surface area contributed by atoms with Gasteiger partial charge in [-0.2, -0.15) is 0 Å². The molecule has 1 N–H and O–H groups in total. The molecule has 200 valence electrons. The van der Waals surface area contributed by atoms with Crippen LogP contribution >= 0.6 is 15.9 Å². The number of amides is 2. The molecule has 6 radical (unpaired) electrons. The van der Waals surface area contributed by atoms with Crippen molar-refractivity contribution in [2.45, 2.75) is 30.0 Å². The summed E-state index contributed by atoms with van der Waals surface area (Å²) >= 11 is 3.27. The molecular weight excluding hydrogens is 588 g/mol. The van der Waals surface area contributed by atoms with Crippen molar-refractivity contribution in [3.63, 3.8) is 0 Å². The Balaban J connectivity index is 1.54. The zero-order valence-corrected chi connectivity index (χ0v) is 22.5. The van der Waals surface area contributed by atoms with E-state index in [-0.39, 0.29) is 41.9 Å². The summed E-state index contributed by atoms with van der Waals surface area (Å²) in [5, 5.41) is 0.889. The van der Waals surface area contributed by atoms with E-state index in [1.165, 1.54) is 30.5 Å². The highest BCUT2D eigenvalue weighted by Crippen LogP contribution is 2.31. The number of hydrogen-bond acceptors (Lipinski definition) is 5. The van der Waals surface area contributed by atoms with Crippen molar-refractivity contribution in [3.8, 4) is 11.6 Å². The molecule has 1 aromatic heterocycles. The lowest BCUT2D eigenvalue weighted by molar-refractivity contribution is -0.274. The number of piperidine rings is 1. The molecule has 0 bridgehead atoms. The van der Waals surface area contributed by atoms with Gasteiger partial charge < -0.3 is 19.7 Å². The second-order valence-electron chi connectivity index (χ2n) is 9.15. The van der Waals surface area contributed by atoms with Gasteiger partial charge in [-0.1, -0.05) is 42.5 Å². The number of likely N-dealkylation sites (tertiary alicyclic amines) is 1. The highest BCUT2D eigenvalue weighted by molar-refractivity contribution is 9.10. The van der Waals surface area contributed by atoms with Gasteiger partial charge in [-0.05, 0) is 51.4 Å². The minimum absolute atomic E-state index is 0.00224. The summed E-state index contributed by atoms with van der Waals surface area (Å²) in [6.45, 7) is 0.489. The van der Waals surface area contributed by atoms with E-state index >= 15 is 0 Å². The Morgan fingerprint density at radius 3 is 2.35 bits per heavy atom. The minimum atomic E-state index is -4.95. The fraction of sp³-hybridized carbons (Fsp3) is 0.269. The first-order chi connectivity index (χ1) is 18.8. The molecule has 1 aliphatic heterocycles. The van der Waals surface area contributed by atoms with E-state index in [1.54, 1.807) is 4.90 Å². The number of aromatic nitrogens is 1. The molecule has 0 unspecified atom stereocenters. The number of halogens is 4. The summed E-state index contributed by atoms with van der Waals surface area (Å²) in [7, 11) is 16.4. The quantitative estimate of drug-likeness (QED) is 0.415. The van der Waals surface area contributed by atoms with E-state index in [4.69, 9.17) is 28.3 Å². The first-order valence-corrected chi connectivity index (χ1v) is 12.8.